The Hall–Kier alpha value is 2.97. The first kappa shape index (κ1) is 28.2. The van der Waals surface area contributed by atoms with E-state index in [-0.39, 0.29) is 105 Å². The van der Waals surface area contributed by atoms with Crippen molar-refractivity contribution in [1.82, 2.24) is 0 Å². The van der Waals surface area contributed by atoms with Crippen LogP contribution >= 0.6 is 0 Å². The molecule has 0 aliphatic rings. The molecule has 0 unspecified atom stereocenters. The first-order chi connectivity index (χ1) is 0. The van der Waals surface area contributed by atoms with Crippen molar-refractivity contribution < 1.29 is 11.0 Å². The first-order valence-corrected chi connectivity index (χ1v) is 0. The molecule has 0 saturated carbocycles. The molecule has 4 N–H and O–H groups in total. The molecule has 4 heavy (non-hydrogen) atoms. The van der Waals surface area contributed by atoms with E-state index < -0.39 is 0 Å². The topological polar surface area (TPSA) is 63.0 Å². The fraction of sp³-hybridized carbons (Fsp3) is 0. The SMILES string of the molecule is O.O.[BaH2].[SrH2]. The third-order valence-electron chi connectivity index (χ3n) is 0. The zero-order valence-electron chi connectivity index (χ0n) is 1.00. The van der Waals surface area contributed by atoms with Crippen LogP contribution in [0.5, 0.6) is 0 Å². The quantitative estimate of drug-likeness (QED) is 0.408. The second-order valence-electron chi connectivity index (χ2n) is 0. The molecule has 0 heterocycles. The summed E-state index contributed by atoms with van der Waals surface area (Å²) in [6, 6.07) is 0. The summed E-state index contributed by atoms with van der Waals surface area (Å²) in [6.45, 7) is 0. The zero-order valence-corrected chi connectivity index (χ0v) is 1.00. The molecule has 0 aromatic carbocycles. The number of rotatable bonds is 0. The monoisotopic (exact) mass is 266 g/mol. The normalized spacial score (nSPS) is 0. The summed E-state index contributed by atoms with van der Waals surface area (Å²) >= 11 is 0. The van der Waals surface area contributed by atoms with Crippen LogP contribution in [0.15, 0.2) is 0 Å². The predicted octanol–water partition coefficient (Wildman–Crippen LogP) is -3.48. The van der Waals surface area contributed by atoms with Gasteiger partial charge in [-0.25, -0.2) is 0 Å². The molecular weight excluding hydrogens is 257 g/mol. The van der Waals surface area contributed by atoms with Gasteiger partial charge in [0.15, 0.2) is 0 Å². The van der Waals surface area contributed by atoms with Gasteiger partial charge in [0, 0.05) is 0 Å². The summed E-state index contributed by atoms with van der Waals surface area (Å²) in [4.78, 5) is 0. The Bertz CT molecular complexity index is 6.00. The van der Waals surface area contributed by atoms with Gasteiger partial charge in [0.1, 0.15) is 0 Å². The van der Waals surface area contributed by atoms with E-state index in [1.807, 2.05) is 0 Å². The van der Waals surface area contributed by atoms with Gasteiger partial charge in [-0.05, 0) is 0 Å². The van der Waals surface area contributed by atoms with Gasteiger partial charge >= 0.3 is 94.4 Å². The second-order valence-corrected chi connectivity index (χ2v) is 0. The number of hydrogen-bond donors (Lipinski definition) is 0. The summed E-state index contributed by atoms with van der Waals surface area (Å²) in [5, 5.41) is 0. The van der Waals surface area contributed by atoms with E-state index in [0.717, 1.165) is 0 Å². The van der Waals surface area contributed by atoms with E-state index in [4.69, 9.17) is 0 Å². The molecule has 24 valence electrons. The molecule has 0 aliphatic carbocycles. The molecule has 0 amide bonds. The van der Waals surface area contributed by atoms with Crippen LogP contribution in [0, 0.1) is 0 Å². The van der Waals surface area contributed by atoms with Crippen LogP contribution in [0.3, 0.4) is 0 Å². The van der Waals surface area contributed by atoms with Gasteiger partial charge in [-0.15, -0.1) is 0 Å². The molecule has 0 aromatic heterocycles. The fourth-order valence-electron chi connectivity index (χ4n) is 0. The van der Waals surface area contributed by atoms with Gasteiger partial charge in [-0.2, -0.15) is 0 Å². The van der Waals surface area contributed by atoms with Crippen LogP contribution in [0.25, 0.3) is 0 Å². The molecule has 0 spiro atoms. The predicted molar refractivity (Wildman–Crippen MR) is 24.3 cm³/mol. The molecule has 2 nitrogen and oxygen atoms in total. The molecule has 0 saturated heterocycles. The molecule has 0 atom stereocenters. The fourth-order valence-corrected chi connectivity index (χ4v) is 0. The molecule has 0 aliphatic heterocycles. The Morgan fingerprint density at radius 1 is 0.750 bits per heavy atom. The van der Waals surface area contributed by atoms with Gasteiger partial charge in [-0.1, -0.05) is 0 Å². The van der Waals surface area contributed by atoms with Crippen molar-refractivity contribution in [2.75, 3.05) is 0 Å². The van der Waals surface area contributed by atoms with Crippen LogP contribution in [0.4, 0.5) is 0 Å². The summed E-state index contributed by atoms with van der Waals surface area (Å²) in [5.41, 5.74) is 0. The van der Waals surface area contributed by atoms with E-state index in [9.17, 15) is 0 Å². The van der Waals surface area contributed by atoms with Crippen molar-refractivity contribution in [3.8, 4) is 0 Å². The van der Waals surface area contributed by atoms with Crippen LogP contribution < -0.4 is 0 Å². The van der Waals surface area contributed by atoms with E-state index in [2.05, 4.69) is 0 Å². The average molecular weight is 265 g/mol. The average Bonchev–Trinajstić information content (AvgIpc) is 0. The van der Waals surface area contributed by atoms with Gasteiger partial charge in [0.2, 0.25) is 0 Å². The standard InChI is InChI=1S/Ba.2H2O.Sr.4H/h;2*1H2;;;;;. The Labute approximate surface area is 102 Å². The van der Waals surface area contributed by atoms with Crippen molar-refractivity contribution in [3.63, 3.8) is 0 Å². The summed E-state index contributed by atoms with van der Waals surface area (Å²) in [7, 11) is 0. The minimum absolute atomic E-state index is 0. The molecule has 0 fully saturated rings. The molecule has 0 rings (SSSR count). The van der Waals surface area contributed by atoms with Gasteiger partial charge in [0.05, 0.1) is 0 Å². The molecular formula is H8BaO2Sr. The van der Waals surface area contributed by atoms with Gasteiger partial charge < -0.3 is 11.0 Å². The van der Waals surface area contributed by atoms with Gasteiger partial charge in [0.25, 0.3) is 0 Å². The van der Waals surface area contributed by atoms with Crippen LogP contribution in [0.2, 0.25) is 0 Å². The van der Waals surface area contributed by atoms with Crippen molar-refractivity contribution >= 4 is 94.4 Å². The maximum absolute atomic E-state index is 0. The van der Waals surface area contributed by atoms with Crippen LogP contribution in [-0.2, 0) is 0 Å². The van der Waals surface area contributed by atoms with Crippen LogP contribution in [0.1, 0.15) is 0 Å². The Kier molecular flexibility index (Phi) is 118. The van der Waals surface area contributed by atoms with Crippen molar-refractivity contribution in [1.29, 1.82) is 0 Å². The number of hydrogen-bond acceptors (Lipinski definition) is 0. The summed E-state index contributed by atoms with van der Waals surface area (Å²) < 4.78 is 0. The Morgan fingerprint density at radius 2 is 0.750 bits per heavy atom. The third-order valence-corrected chi connectivity index (χ3v) is 0. The van der Waals surface area contributed by atoms with Crippen molar-refractivity contribution in [2.45, 2.75) is 0 Å². The summed E-state index contributed by atoms with van der Waals surface area (Å²) in [5.74, 6) is 0. The molecule has 0 bridgehead atoms. The molecule has 4 heteroatoms. The van der Waals surface area contributed by atoms with E-state index in [1.54, 1.807) is 0 Å². The van der Waals surface area contributed by atoms with E-state index in [1.165, 1.54) is 0 Å². The first-order valence-electron chi connectivity index (χ1n) is 0. The zero-order chi connectivity index (χ0) is 0. The van der Waals surface area contributed by atoms with E-state index in [0.29, 0.717) is 0 Å². The minimum atomic E-state index is 0. The third kappa shape index (κ3) is 8.88. The Balaban J connectivity index is 0. The Morgan fingerprint density at radius 3 is 0.750 bits per heavy atom. The molecule has 0 aromatic rings. The van der Waals surface area contributed by atoms with Crippen molar-refractivity contribution in [2.24, 2.45) is 0 Å². The maximum atomic E-state index is 0. The molecule has 0 radical (unpaired) electrons. The second kappa shape index (κ2) is 16.7. The summed E-state index contributed by atoms with van der Waals surface area (Å²) in [6.07, 6.45) is 0. The van der Waals surface area contributed by atoms with Gasteiger partial charge in [-0.3, -0.25) is 0 Å². The van der Waals surface area contributed by atoms with Crippen LogP contribution in [-0.4, -0.2) is 105 Å². The van der Waals surface area contributed by atoms with E-state index >= 15 is 0 Å². The van der Waals surface area contributed by atoms with Crippen molar-refractivity contribution in [3.05, 3.63) is 0 Å².